The minimum Gasteiger partial charge on any atom is -0.437 e. The highest BCUT2D eigenvalue weighted by Gasteiger charge is 2.20. The van der Waals surface area contributed by atoms with E-state index in [0.29, 0.717) is 22.6 Å². The molecule has 184 valence electrons. The Bertz CT molecular complexity index is 1380. The van der Waals surface area contributed by atoms with Crippen LogP contribution in [0.3, 0.4) is 0 Å². The quantitative estimate of drug-likeness (QED) is 0.272. The number of carbonyl (C=O) groups is 1. The Kier molecular flexibility index (Phi) is 7.31. The Morgan fingerprint density at radius 2 is 1.67 bits per heavy atom. The summed E-state index contributed by atoms with van der Waals surface area (Å²) >= 11 is 0. The minimum atomic E-state index is -0.639. The summed E-state index contributed by atoms with van der Waals surface area (Å²) in [5.74, 6) is 0.259. The fourth-order valence-electron chi connectivity index (χ4n) is 3.85. The number of benzene rings is 3. The lowest BCUT2D eigenvalue weighted by atomic mass is 9.86. The first kappa shape index (κ1) is 24.9. The molecule has 3 N–H and O–H groups in total. The van der Waals surface area contributed by atoms with Crippen LogP contribution in [-0.2, 0) is 12.0 Å². The van der Waals surface area contributed by atoms with Crippen LogP contribution in [0.15, 0.2) is 85.1 Å². The number of halogens is 1. The molecule has 4 aromatic rings. The van der Waals surface area contributed by atoms with E-state index in [1.165, 1.54) is 12.1 Å². The zero-order valence-electron chi connectivity index (χ0n) is 20.4. The van der Waals surface area contributed by atoms with Gasteiger partial charge in [-0.25, -0.2) is 14.2 Å². The van der Waals surface area contributed by atoms with Gasteiger partial charge in [0.1, 0.15) is 17.3 Å². The predicted octanol–water partition coefficient (Wildman–Crippen LogP) is 7.11. The normalized spacial score (nSPS) is 11.1. The lowest BCUT2D eigenvalue weighted by molar-refractivity contribution is 0.262. The van der Waals surface area contributed by atoms with E-state index in [1.54, 1.807) is 30.5 Å². The van der Waals surface area contributed by atoms with Gasteiger partial charge in [0.2, 0.25) is 5.88 Å². The van der Waals surface area contributed by atoms with E-state index in [1.807, 2.05) is 42.5 Å². The highest BCUT2D eigenvalue weighted by atomic mass is 19.1. The monoisotopic (exact) mass is 485 g/mol. The largest absolute Gasteiger partial charge is 0.437 e. The molecule has 0 bridgehead atoms. The number of hydrogen-bond donors (Lipinski definition) is 3. The molecule has 2 amide bonds. The van der Waals surface area contributed by atoms with E-state index in [0.717, 1.165) is 11.1 Å². The van der Waals surface area contributed by atoms with E-state index in [4.69, 9.17) is 4.74 Å². The van der Waals surface area contributed by atoms with Crippen molar-refractivity contribution in [2.45, 2.75) is 32.8 Å². The molecule has 3 aromatic carbocycles. The molecule has 1 aromatic heterocycles. The van der Waals surface area contributed by atoms with Gasteiger partial charge >= 0.3 is 6.03 Å². The number of pyridine rings is 1. The number of aromatic nitrogens is 1. The van der Waals surface area contributed by atoms with Crippen molar-refractivity contribution >= 4 is 17.4 Å². The number of hydrogen-bond acceptors (Lipinski definition) is 4. The molecule has 0 saturated heterocycles. The first-order chi connectivity index (χ1) is 17.3. The van der Waals surface area contributed by atoms with Crippen LogP contribution in [0.5, 0.6) is 11.6 Å². The maximum Gasteiger partial charge on any atom is 0.323 e. The zero-order chi connectivity index (χ0) is 25.7. The Morgan fingerprint density at radius 1 is 0.944 bits per heavy atom. The van der Waals surface area contributed by atoms with Crippen LogP contribution < -0.4 is 15.4 Å². The summed E-state index contributed by atoms with van der Waals surface area (Å²) in [6.45, 7) is 6.10. The molecular formula is C29H28FN3O3. The lowest BCUT2D eigenvalue weighted by Crippen LogP contribution is -2.20. The maximum absolute atomic E-state index is 14.9. The molecule has 0 saturated carbocycles. The molecule has 36 heavy (non-hydrogen) atoms. The summed E-state index contributed by atoms with van der Waals surface area (Å²) in [6.07, 6.45) is 1.57. The molecule has 0 aliphatic rings. The number of aliphatic hydroxyl groups excluding tert-OH is 1. The second kappa shape index (κ2) is 10.6. The molecule has 0 unspecified atom stereocenters. The predicted molar refractivity (Wildman–Crippen MR) is 140 cm³/mol. The number of rotatable bonds is 6. The average molecular weight is 486 g/mol. The Morgan fingerprint density at radius 3 is 2.42 bits per heavy atom. The van der Waals surface area contributed by atoms with Crippen molar-refractivity contribution in [2.24, 2.45) is 0 Å². The van der Waals surface area contributed by atoms with Crippen LogP contribution >= 0.6 is 0 Å². The molecule has 0 radical (unpaired) electrons. The summed E-state index contributed by atoms with van der Waals surface area (Å²) in [4.78, 5) is 17.0. The van der Waals surface area contributed by atoms with Crippen molar-refractivity contribution in [2.75, 3.05) is 10.6 Å². The summed E-state index contributed by atoms with van der Waals surface area (Å²) in [6, 6.07) is 22.1. The summed E-state index contributed by atoms with van der Waals surface area (Å²) in [5.41, 5.74) is 3.21. The summed E-state index contributed by atoms with van der Waals surface area (Å²) < 4.78 is 20.9. The van der Waals surface area contributed by atoms with Crippen molar-refractivity contribution in [1.82, 2.24) is 4.98 Å². The van der Waals surface area contributed by atoms with Crippen molar-refractivity contribution < 1.29 is 19.0 Å². The van der Waals surface area contributed by atoms with Gasteiger partial charge in [0.25, 0.3) is 0 Å². The Hall–Kier alpha value is -4.23. The van der Waals surface area contributed by atoms with Gasteiger partial charge < -0.3 is 20.5 Å². The van der Waals surface area contributed by atoms with Gasteiger partial charge in [0, 0.05) is 11.8 Å². The molecule has 7 heteroatoms. The number of carbonyl (C=O) groups excluding carboxylic acids is 1. The fourth-order valence-corrected chi connectivity index (χ4v) is 3.85. The number of nitrogens with zero attached hydrogens (tertiary/aromatic N) is 1. The van der Waals surface area contributed by atoms with Crippen LogP contribution in [0.2, 0.25) is 0 Å². The molecule has 6 nitrogen and oxygen atoms in total. The van der Waals surface area contributed by atoms with Gasteiger partial charge in [-0.2, -0.15) is 0 Å². The van der Waals surface area contributed by atoms with E-state index in [9.17, 15) is 14.3 Å². The third kappa shape index (κ3) is 5.70. The van der Waals surface area contributed by atoms with Gasteiger partial charge in [0.05, 0.1) is 12.3 Å². The number of aliphatic hydroxyl groups is 1. The second-order valence-corrected chi connectivity index (χ2v) is 9.29. The molecule has 0 spiro atoms. The van der Waals surface area contributed by atoms with E-state index < -0.39 is 11.8 Å². The van der Waals surface area contributed by atoms with Gasteiger partial charge in [-0.3, -0.25) is 0 Å². The van der Waals surface area contributed by atoms with Gasteiger partial charge in [-0.1, -0.05) is 69.3 Å². The van der Waals surface area contributed by atoms with E-state index in [2.05, 4.69) is 36.4 Å². The fraction of sp³-hybridized carbons (Fsp3) is 0.172. The van der Waals surface area contributed by atoms with E-state index >= 15 is 0 Å². The van der Waals surface area contributed by atoms with Crippen molar-refractivity contribution in [3.05, 3.63) is 102 Å². The molecule has 0 aliphatic carbocycles. The zero-order valence-corrected chi connectivity index (χ0v) is 20.4. The Labute approximate surface area is 209 Å². The summed E-state index contributed by atoms with van der Waals surface area (Å²) in [5, 5.41) is 14.8. The average Bonchev–Trinajstić information content (AvgIpc) is 2.86. The SMILES string of the molecule is CC(C)(C)c1ccccc1Oc1ncccc1NC(=O)Nc1ccc(-c2ccccc2CO)cc1F. The molecule has 1 heterocycles. The highest BCUT2D eigenvalue weighted by molar-refractivity contribution is 6.00. The number of urea groups is 1. The smallest absolute Gasteiger partial charge is 0.323 e. The number of anilines is 2. The third-order valence-corrected chi connectivity index (χ3v) is 5.64. The summed E-state index contributed by atoms with van der Waals surface area (Å²) in [7, 11) is 0. The van der Waals surface area contributed by atoms with Crippen molar-refractivity contribution in [3.63, 3.8) is 0 Å². The molecular weight excluding hydrogens is 457 g/mol. The first-order valence-electron chi connectivity index (χ1n) is 11.6. The highest BCUT2D eigenvalue weighted by Crippen LogP contribution is 2.35. The third-order valence-electron chi connectivity index (χ3n) is 5.64. The topological polar surface area (TPSA) is 83.5 Å². The van der Waals surface area contributed by atoms with E-state index in [-0.39, 0.29) is 23.6 Å². The van der Waals surface area contributed by atoms with Crippen LogP contribution in [0.4, 0.5) is 20.6 Å². The number of amides is 2. The number of ether oxygens (including phenoxy) is 1. The second-order valence-electron chi connectivity index (χ2n) is 9.29. The van der Waals surface area contributed by atoms with Gasteiger partial charge in [0.15, 0.2) is 0 Å². The molecule has 0 aliphatic heterocycles. The van der Waals surface area contributed by atoms with Crippen LogP contribution in [0, 0.1) is 5.82 Å². The standard InChI is InChI=1S/C29H28FN3O3/c1-29(2,3)22-11-6-7-13-26(22)36-27-25(12-8-16-31-27)33-28(35)32-24-15-14-19(17-23(24)30)21-10-5-4-9-20(21)18-34/h4-17,34H,18H2,1-3H3,(H2,32,33,35). The van der Waals surface area contributed by atoms with Crippen molar-refractivity contribution in [1.29, 1.82) is 0 Å². The minimum absolute atomic E-state index is 0.0159. The van der Waals surface area contributed by atoms with Gasteiger partial charge in [-0.15, -0.1) is 0 Å². The van der Waals surface area contributed by atoms with Crippen LogP contribution in [0.25, 0.3) is 11.1 Å². The maximum atomic E-state index is 14.9. The molecule has 0 atom stereocenters. The molecule has 0 fully saturated rings. The van der Waals surface area contributed by atoms with Crippen molar-refractivity contribution in [3.8, 4) is 22.8 Å². The Balaban J connectivity index is 1.51. The molecule has 4 rings (SSSR count). The lowest BCUT2D eigenvalue weighted by Gasteiger charge is -2.22. The van der Waals surface area contributed by atoms with Crippen LogP contribution in [0.1, 0.15) is 31.9 Å². The van der Waals surface area contributed by atoms with Gasteiger partial charge in [-0.05, 0) is 52.4 Å². The van der Waals surface area contributed by atoms with Crippen LogP contribution in [-0.4, -0.2) is 16.1 Å². The number of nitrogens with one attached hydrogen (secondary N) is 2. The number of para-hydroxylation sites is 1. The first-order valence-corrected chi connectivity index (χ1v) is 11.6.